The minimum Gasteiger partial charge on any atom is -0.139 e. The van der Waals surface area contributed by atoms with E-state index in [1.165, 1.54) is 90.5 Å². The molecule has 1 aliphatic rings. The third kappa shape index (κ3) is 5.33. The molecule has 0 spiro atoms. The highest BCUT2D eigenvalue weighted by Crippen LogP contribution is 2.41. The summed E-state index contributed by atoms with van der Waals surface area (Å²) < 4.78 is 2.96. The zero-order valence-electron chi connectivity index (χ0n) is 18.2. The monoisotopic (exact) mass is 424 g/mol. The van der Waals surface area contributed by atoms with Crippen molar-refractivity contribution in [3.63, 3.8) is 0 Å². The second kappa shape index (κ2) is 10.3. The summed E-state index contributed by atoms with van der Waals surface area (Å²) in [4.78, 5) is 3.00. The van der Waals surface area contributed by atoms with E-state index >= 15 is 0 Å². The van der Waals surface area contributed by atoms with Crippen molar-refractivity contribution in [2.24, 2.45) is 5.92 Å². The van der Waals surface area contributed by atoms with Gasteiger partial charge in [0.2, 0.25) is 0 Å². The van der Waals surface area contributed by atoms with E-state index in [-0.39, 0.29) is 0 Å². The molecule has 1 fully saturated rings. The van der Waals surface area contributed by atoms with Gasteiger partial charge in [0.15, 0.2) is 0 Å². The van der Waals surface area contributed by atoms with Crippen LogP contribution in [0, 0.1) is 5.92 Å². The Morgan fingerprint density at radius 3 is 2.21 bits per heavy atom. The van der Waals surface area contributed by atoms with Crippen molar-refractivity contribution < 1.29 is 0 Å². The average Bonchev–Trinajstić information content (AvgIpc) is 3.32. The lowest BCUT2D eigenvalue weighted by molar-refractivity contribution is 0.304. The summed E-state index contributed by atoms with van der Waals surface area (Å²) >= 11 is 3.98. The van der Waals surface area contributed by atoms with E-state index in [1.54, 1.807) is 10.4 Å². The van der Waals surface area contributed by atoms with E-state index in [0.717, 1.165) is 11.8 Å². The molecule has 0 atom stereocenters. The third-order valence-corrected chi connectivity index (χ3v) is 9.17. The Hall–Kier alpha value is -1.12. The van der Waals surface area contributed by atoms with Gasteiger partial charge in [0.1, 0.15) is 0 Å². The van der Waals surface area contributed by atoms with Gasteiger partial charge in [0, 0.05) is 19.2 Å². The molecule has 3 aromatic rings. The molecule has 1 aromatic carbocycles. The van der Waals surface area contributed by atoms with Crippen molar-refractivity contribution in [1.29, 1.82) is 0 Å². The molecule has 0 nitrogen and oxygen atoms in total. The smallest absolute Gasteiger partial charge is 0.0460 e. The SMILES string of the molecule is CCCCCc1cc2sc(-c3ccc(C4CCC(CCCC)CC4)cc3)cc2s1. The standard InChI is InChI=1S/C27H36S2/c1-3-5-7-9-24-18-26-27(28-24)19-25(29-26)23-16-14-22(15-17-23)21-12-10-20(11-13-21)8-6-4-2/h14-21H,3-13H2,1-2H3. The first-order valence-corrected chi connectivity index (χ1v) is 13.5. The van der Waals surface area contributed by atoms with E-state index in [4.69, 9.17) is 0 Å². The van der Waals surface area contributed by atoms with Crippen LogP contribution in [0.3, 0.4) is 0 Å². The number of rotatable bonds is 9. The molecular formula is C27H36S2. The fourth-order valence-corrected chi connectivity index (χ4v) is 7.37. The molecule has 0 N–H and O–H groups in total. The Balaban J connectivity index is 1.37. The fraction of sp³-hybridized carbons (Fsp3) is 0.556. The Labute approximate surface area is 185 Å². The lowest BCUT2D eigenvalue weighted by Gasteiger charge is -2.28. The highest BCUT2D eigenvalue weighted by molar-refractivity contribution is 7.29. The molecule has 2 heteroatoms. The van der Waals surface area contributed by atoms with Gasteiger partial charge in [0.05, 0.1) is 0 Å². The lowest BCUT2D eigenvalue weighted by atomic mass is 9.77. The second-order valence-electron chi connectivity index (χ2n) is 8.99. The molecule has 1 saturated carbocycles. The van der Waals surface area contributed by atoms with Crippen LogP contribution in [-0.4, -0.2) is 0 Å². The predicted molar refractivity (Wildman–Crippen MR) is 133 cm³/mol. The van der Waals surface area contributed by atoms with Crippen molar-refractivity contribution in [3.05, 3.63) is 46.8 Å². The van der Waals surface area contributed by atoms with Crippen LogP contribution in [0.5, 0.6) is 0 Å². The Morgan fingerprint density at radius 2 is 1.52 bits per heavy atom. The van der Waals surface area contributed by atoms with Gasteiger partial charge in [0.25, 0.3) is 0 Å². The Kier molecular flexibility index (Phi) is 7.48. The number of aryl methyl sites for hydroxylation is 1. The largest absolute Gasteiger partial charge is 0.139 e. The van der Waals surface area contributed by atoms with Gasteiger partial charge in [-0.25, -0.2) is 0 Å². The zero-order chi connectivity index (χ0) is 20.1. The maximum absolute atomic E-state index is 2.44. The average molecular weight is 425 g/mol. The van der Waals surface area contributed by atoms with E-state index in [0.29, 0.717) is 0 Å². The van der Waals surface area contributed by atoms with Crippen LogP contribution in [0.25, 0.3) is 19.8 Å². The molecule has 2 heterocycles. The van der Waals surface area contributed by atoms with Crippen LogP contribution in [0.2, 0.25) is 0 Å². The molecule has 2 aromatic heterocycles. The third-order valence-electron chi connectivity index (χ3n) is 6.76. The van der Waals surface area contributed by atoms with Gasteiger partial charge < -0.3 is 0 Å². The molecule has 0 saturated heterocycles. The maximum atomic E-state index is 2.44. The van der Waals surface area contributed by atoms with Crippen LogP contribution in [0.1, 0.15) is 94.4 Å². The van der Waals surface area contributed by atoms with E-state index in [2.05, 4.69) is 50.2 Å². The number of thiophene rings is 2. The minimum absolute atomic E-state index is 0.791. The van der Waals surface area contributed by atoms with Crippen LogP contribution < -0.4 is 0 Å². The fourth-order valence-electron chi connectivity index (χ4n) is 4.90. The number of hydrogen-bond acceptors (Lipinski definition) is 2. The second-order valence-corrected chi connectivity index (χ2v) is 11.2. The van der Waals surface area contributed by atoms with Gasteiger partial charge in [-0.15, -0.1) is 22.7 Å². The predicted octanol–water partition coefficient (Wildman–Crippen LogP) is 9.83. The quantitative estimate of drug-likeness (QED) is 0.300. The molecule has 156 valence electrons. The molecule has 0 radical (unpaired) electrons. The summed E-state index contributed by atoms with van der Waals surface area (Å²) in [5.74, 6) is 1.79. The van der Waals surface area contributed by atoms with Crippen LogP contribution >= 0.6 is 22.7 Å². The molecule has 0 bridgehead atoms. The number of fused-ring (bicyclic) bond motifs is 1. The van der Waals surface area contributed by atoms with E-state index < -0.39 is 0 Å². The lowest BCUT2D eigenvalue weighted by Crippen LogP contribution is -2.13. The highest BCUT2D eigenvalue weighted by atomic mass is 32.1. The van der Waals surface area contributed by atoms with E-state index in [9.17, 15) is 0 Å². The van der Waals surface area contributed by atoms with Gasteiger partial charge >= 0.3 is 0 Å². The summed E-state index contributed by atoms with van der Waals surface area (Å²) in [6.07, 6.45) is 15.1. The normalized spacial score (nSPS) is 19.8. The van der Waals surface area contributed by atoms with Crippen molar-refractivity contribution >= 4 is 32.1 Å². The van der Waals surface area contributed by atoms with Crippen molar-refractivity contribution in [1.82, 2.24) is 0 Å². The number of benzene rings is 1. The Bertz CT molecular complexity index is 844. The topological polar surface area (TPSA) is 0 Å². The molecule has 0 aliphatic heterocycles. The summed E-state index contributed by atoms with van der Waals surface area (Å²) in [7, 11) is 0. The first-order chi connectivity index (χ1) is 14.3. The molecular weight excluding hydrogens is 388 g/mol. The molecule has 0 unspecified atom stereocenters. The first kappa shape index (κ1) is 21.1. The summed E-state index contributed by atoms with van der Waals surface area (Å²) in [6, 6.07) is 14.4. The van der Waals surface area contributed by atoms with Gasteiger partial charge in [-0.1, -0.05) is 70.2 Å². The number of hydrogen-bond donors (Lipinski definition) is 0. The van der Waals surface area contributed by atoms with Gasteiger partial charge in [-0.05, 0) is 73.6 Å². The van der Waals surface area contributed by atoms with Crippen molar-refractivity contribution in [3.8, 4) is 10.4 Å². The molecule has 0 amide bonds. The van der Waals surface area contributed by atoms with Crippen molar-refractivity contribution in [2.45, 2.75) is 90.4 Å². The summed E-state index contributed by atoms with van der Waals surface area (Å²) in [5, 5.41) is 0. The highest BCUT2D eigenvalue weighted by Gasteiger charge is 2.22. The zero-order valence-corrected chi connectivity index (χ0v) is 19.8. The van der Waals surface area contributed by atoms with Crippen LogP contribution in [0.15, 0.2) is 36.4 Å². The maximum Gasteiger partial charge on any atom is 0.0460 e. The van der Waals surface area contributed by atoms with Crippen molar-refractivity contribution in [2.75, 3.05) is 0 Å². The number of unbranched alkanes of at least 4 members (excludes halogenated alkanes) is 3. The van der Waals surface area contributed by atoms with Crippen LogP contribution in [0.4, 0.5) is 0 Å². The van der Waals surface area contributed by atoms with E-state index in [1.807, 2.05) is 22.7 Å². The summed E-state index contributed by atoms with van der Waals surface area (Å²) in [5.41, 5.74) is 2.96. The summed E-state index contributed by atoms with van der Waals surface area (Å²) in [6.45, 7) is 4.60. The van der Waals surface area contributed by atoms with Crippen LogP contribution in [-0.2, 0) is 6.42 Å². The van der Waals surface area contributed by atoms with Gasteiger partial charge in [-0.3, -0.25) is 0 Å². The molecule has 29 heavy (non-hydrogen) atoms. The minimum atomic E-state index is 0.791. The Morgan fingerprint density at radius 1 is 0.793 bits per heavy atom. The molecule has 1 aliphatic carbocycles. The van der Waals surface area contributed by atoms with Gasteiger partial charge in [-0.2, -0.15) is 0 Å². The molecule has 4 rings (SSSR count). The first-order valence-electron chi connectivity index (χ1n) is 11.9.